The predicted molar refractivity (Wildman–Crippen MR) is 64.3 cm³/mol. The van der Waals surface area contributed by atoms with Crippen LogP contribution in [0.2, 0.25) is 0 Å². The Balaban J connectivity index is 2.33. The summed E-state index contributed by atoms with van der Waals surface area (Å²) < 4.78 is 0. The highest BCUT2D eigenvalue weighted by Gasteiger charge is 2.42. The molecule has 3 N–H and O–H groups in total. The minimum absolute atomic E-state index is 0.190. The van der Waals surface area contributed by atoms with Crippen molar-refractivity contribution in [3.05, 3.63) is 29.3 Å². The second kappa shape index (κ2) is 3.66. The van der Waals surface area contributed by atoms with Crippen molar-refractivity contribution in [2.45, 2.75) is 18.4 Å². The highest BCUT2D eigenvalue weighted by atomic mass is 15.0. The minimum atomic E-state index is 0.190. The lowest BCUT2D eigenvalue weighted by Crippen LogP contribution is -2.24. The zero-order valence-electron chi connectivity index (χ0n) is 9.25. The van der Waals surface area contributed by atoms with Crippen LogP contribution in [0.15, 0.2) is 23.2 Å². The lowest BCUT2D eigenvalue weighted by Gasteiger charge is -2.15. The number of nitrogens with two attached hydrogens (primary N) is 1. The summed E-state index contributed by atoms with van der Waals surface area (Å²) in [5, 5.41) is 3.36. The number of hydrogen-bond acceptors (Lipinski definition) is 3. The Morgan fingerprint density at radius 3 is 2.67 bits per heavy atom. The van der Waals surface area contributed by atoms with Crippen LogP contribution in [-0.4, -0.2) is 20.3 Å². The van der Waals surface area contributed by atoms with Crippen molar-refractivity contribution in [2.75, 3.05) is 19.8 Å². The molecule has 1 aliphatic carbocycles. The first-order valence-electron chi connectivity index (χ1n) is 5.23. The summed E-state index contributed by atoms with van der Waals surface area (Å²) in [7, 11) is 3.76. The predicted octanol–water partition coefficient (Wildman–Crippen LogP) is 1.53. The smallest absolute Gasteiger partial charge is 0.0434 e. The summed E-state index contributed by atoms with van der Waals surface area (Å²) >= 11 is 0. The molecule has 80 valence electrons. The highest BCUT2D eigenvalue weighted by molar-refractivity contribution is 5.87. The molecule has 0 spiro atoms. The van der Waals surface area contributed by atoms with Crippen molar-refractivity contribution in [1.82, 2.24) is 5.32 Å². The number of nitrogens with one attached hydrogen (secondary N) is 1. The van der Waals surface area contributed by atoms with E-state index in [0.717, 1.165) is 11.3 Å². The third-order valence-electron chi connectivity index (χ3n) is 3.14. The maximum atomic E-state index is 5.97. The lowest BCUT2D eigenvalue weighted by molar-refractivity contribution is 0.586. The molecule has 0 saturated heterocycles. The SMILES string of the molecule is CN=Cc1ccc(C2(NC)CC2)cc1N. The summed E-state index contributed by atoms with van der Waals surface area (Å²) in [5.41, 5.74) is 9.24. The van der Waals surface area contributed by atoms with Crippen LogP contribution in [0.4, 0.5) is 5.69 Å². The number of anilines is 1. The van der Waals surface area contributed by atoms with Crippen molar-refractivity contribution < 1.29 is 0 Å². The average Bonchev–Trinajstić information content (AvgIpc) is 3.02. The molecule has 0 radical (unpaired) electrons. The number of aliphatic imine (C=N–C) groups is 1. The monoisotopic (exact) mass is 203 g/mol. The van der Waals surface area contributed by atoms with Gasteiger partial charge >= 0.3 is 0 Å². The van der Waals surface area contributed by atoms with Crippen LogP contribution in [0.1, 0.15) is 24.0 Å². The fraction of sp³-hybridized carbons (Fsp3) is 0.417. The topological polar surface area (TPSA) is 50.4 Å². The van der Waals surface area contributed by atoms with Crippen LogP contribution in [-0.2, 0) is 5.54 Å². The van der Waals surface area contributed by atoms with Gasteiger partial charge in [-0.25, -0.2) is 0 Å². The third kappa shape index (κ3) is 1.75. The van der Waals surface area contributed by atoms with E-state index >= 15 is 0 Å². The summed E-state index contributed by atoms with van der Waals surface area (Å²) in [4.78, 5) is 3.97. The van der Waals surface area contributed by atoms with Crippen LogP contribution in [0.5, 0.6) is 0 Å². The van der Waals surface area contributed by atoms with E-state index < -0.39 is 0 Å². The van der Waals surface area contributed by atoms with Crippen molar-refractivity contribution in [1.29, 1.82) is 0 Å². The fourth-order valence-electron chi connectivity index (χ4n) is 1.94. The van der Waals surface area contributed by atoms with Crippen molar-refractivity contribution in [3.8, 4) is 0 Å². The van der Waals surface area contributed by atoms with E-state index in [1.807, 2.05) is 13.1 Å². The van der Waals surface area contributed by atoms with Gasteiger partial charge in [0.05, 0.1) is 0 Å². The molecule has 0 aromatic heterocycles. The number of rotatable bonds is 3. The van der Waals surface area contributed by atoms with Crippen LogP contribution in [0, 0.1) is 0 Å². The van der Waals surface area contributed by atoms with Gasteiger partial charge in [0.25, 0.3) is 0 Å². The van der Waals surface area contributed by atoms with E-state index in [4.69, 9.17) is 5.73 Å². The van der Waals surface area contributed by atoms with Gasteiger partial charge in [0, 0.05) is 30.1 Å². The Hall–Kier alpha value is -1.35. The summed E-state index contributed by atoms with van der Waals surface area (Å²) in [6.07, 6.45) is 4.19. The summed E-state index contributed by atoms with van der Waals surface area (Å²) in [6, 6.07) is 6.23. The van der Waals surface area contributed by atoms with Gasteiger partial charge < -0.3 is 11.1 Å². The zero-order valence-corrected chi connectivity index (χ0v) is 9.25. The molecule has 0 atom stereocenters. The molecule has 3 nitrogen and oxygen atoms in total. The van der Waals surface area contributed by atoms with Gasteiger partial charge in [-0.05, 0) is 31.5 Å². The Bertz CT molecular complexity index is 392. The van der Waals surface area contributed by atoms with Crippen molar-refractivity contribution in [2.24, 2.45) is 4.99 Å². The van der Waals surface area contributed by atoms with Crippen LogP contribution >= 0.6 is 0 Å². The van der Waals surface area contributed by atoms with Gasteiger partial charge in [0.2, 0.25) is 0 Å². The van der Waals surface area contributed by atoms with Gasteiger partial charge in [0.15, 0.2) is 0 Å². The molecule has 1 aromatic carbocycles. The van der Waals surface area contributed by atoms with E-state index in [9.17, 15) is 0 Å². The summed E-state index contributed by atoms with van der Waals surface area (Å²) in [5.74, 6) is 0. The molecule has 0 amide bonds. The first-order valence-corrected chi connectivity index (χ1v) is 5.23. The average molecular weight is 203 g/mol. The highest BCUT2D eigenvalue weighted by Crippen LogP contribution is 2.45. The molecule has 1 aromatic rings. The first kappa shape index (κ1) is 10.2. The number of nitrogens with zero attached hydrogens (tertiary/aromatic N) is 1. The zero-order chi connectivity index (χ0) is 10.9. The Kier molecular flexibility index (Phi) is 2.49. The molecule has 1 saturated carbocycles. The molecule has 2 rings (SSSR count). The molecule has 0 bridgehead atoms. The molecule has 1 aliphatic rings. The van der Waals surface area contributed by atoms with E-state index in [-0.39, 0.29) is 5.54 Å². The van der Waals surface area contributed by atoms with Gasteiger partial charge in [-0.2, -0.15) is 0 Å². The largest absolute Gasteiger partial charge is 0.398 e. The van der Waals surface area contributed by atoms with Crippen molar-refractivity contribution >= 4 is 11.9 Å². The minimum Gasteiger partial charge on any atom is -0.398 e. The number of nitrogen functional groups attached to an aromatic ring is 1. The maximum Gasteiger partial charge on any atom is 0.0434 e. The van der Waals surface area contributed by atoms with Crippen molar-refractivity contribution in [3.63, 3.8) is 0 Å². The molecule has 0 aliphatic heterocycles. The summed E-state index contributed by atoms with van der Waals surface area (Å²) in [6.45, 7) is 0. The van der Waals surface area contributed by atoms with Crippen LogP contribution < -0.4 is 11.1 Å². The molecule has 3 heteroatoms. The molecule has 15 heavy (non-hydrogen) atoms. The third-order valence-corrected chi connectivity index (χ3v) is 3.14. The number of benzene rings is 1. The quantitative estimate of drug-likeness (QED) is 0.578. The van der Waals surface area contributed by atoms with Crippen LogP contribution in [0.25, 0.3) is 0 Å². The first-order chi connectivity index (χ1) is 7.22. The van der Waals surface area contributed by atoms with E-state index in [1.165, 1.54) is 18.4 Å². The maximum absolute atomic E-state index is 5.97. The molecule has 0 heterocycles. The molecule has 1 fully saturated rings. The molecule has 0 unspecified atom stereocenters. The fourth-order valence-corrected chi connectivity index (χ4v) is 1.94. The Morgan fingerprint density at radius 1 is 1.47 bits per heavy atom. The van der Waals surface area contributed by atoms with E-state index in [0.29, 0.717) is 0 Å². The standard InChI is InChI=1S/C12H17N3/c1-14-8-9-3-4-10(7-11(9)13)12(15-2)5-6-12/h3-4,7-8,15H,5-6,13H2,1-2H3. The second-order valence-electron chi connectivity index (χ2n) is 4.06. The second-order valence-corrected chi connectivity index (χ2v) is 4.06. The Labute approximate surface area is 90.4 Å². The van der Waals surface area contributed by atoms with E-state index in [2.05, 4.69) is 22.4 Å². The van der Waals surface area contributed by atoms with Crippen LogP contribution in [0.3, 0.4) is 0 Å². The normalized spacial score (nSPS) is 18.3. The number of hydrogen-bond donors (Lipinski definition) is 2. The Morgan fingerprint density at radius 2 is 2.20 bits per heavy atom. The van der Waals surface area contributed by atoms with Gasteiger partial charge in [-0.3, -0.25) is 4.99 Å². The lowest BCUT2D eigenvalue weighted by atomic mass is 10.0. The molecular formula is C12H17N3. The van der Waals surface area contributed by atoms with Gasteiger partial charge in [-0.1, -0.05) is 12.1 Å². The van der Waals surface area contributed by atoms with Gasteiger partial charge in [-0.15, -0.1) is 0 Å². The molecular weight excluding hydrogens is 186 g/mol. The van der Waals surface area contributed by atoms with E-state index in [1.54, 1.807) is 13.3 Å². The van der Waals surface area contributed by atoms with Gasteiger partial charge in [0.1, 0.15) is 0 Å².